The van der Waals surface area contributed by atoms with Gasteiger partial charge in [0.2, 0.25) is 0 Å². The van der Waals surface area contributed by atoms with Crippen molar-refractivity contribution in [3.63, 3.8) is 0 Å². The summed E-state index contributed by atoms with van der Waals surface area (Å²) in [6.07, 6.45) is 5.22. The molecule has 0 fully saturated rings. The van der Waals surface area contributed by atoms with Crippen LogP contribution in [0.25, 0.3) is 0 Å². The number of hydrogen-bond donors (Lipinski definition) is 2. The van der Waals surface area contributed by atoms with Crippen LogP contribution in [0.3, 0.4) is 0 Å². The van der Waals surface area contributed by atoms with Crippen molar-refractivity contribution in [3.05, 3.63) is 30.2 Å². The molecule has 0 saturated heterocycles. The van der Waals surface area contributed by atoms with Gasteiger partial charge in [-0.05, 0) is 6.92 Å². The summed E-state index contributed by atoms with van der Waals surface area (Å²) in [6, 6.07) is 0. The first-order chi connectivity index (χ1) is 9.69. The number of nitrogens with zero attached hydrogens (tertiary/aromatic N) is 5. The van der Waals surface area contributed by atoms with E-state index < -0.39 is 0 Å². The van der Waals surface area contributed by atoms with Crippen LogP contribution in [-0.4, -0.2) is 43.7 Å². The van der Waals surface area contributed by atoms with Gasteiger partial charge >= 0.3 is 0 Å². The van der Waals surface area contributed by atoms with Crippen molar-refractivity contribution in [1.82, 2.24) is 30.0 Å². The van der Waals surface area contributed by atoms with E-state index in [9.17, 15) is 4.79 Å². The number of rotatable bonds is 6. The molecular weight excluding hydrogens is 258 g/mol. The van der Waals surface area contributed by atoms with Crippen molar-refractivity contribution < 1.29 is 4.79 Å². The molecule has 0 aliphatic carbocycles. The lowest BCUT2D eigenvalue weighted by atomic mass is 10.3. The van der Waals surface area contributed by atoms with E-state index in [1.807, 2.05) is 6.92 Å². The first kappa shape index (κ1) is 13.9. The molecule has 0 aliphatic rings. The van der Waals surface area contributed by atoms with E-state index in [0.717, 1.165) is 6.54 Å². The Kier molecular flexibility index (Phi) is 4.59. The summed E-state index contributed by atoms with van der Waals surface area (Å²) in [7, 11) is 1.80. The van der Waals surface area contributed by atoms with Crippen LogP contribution in [0, 0.1) is 0 Å². The molecule has 0 saturated carbocycles. The average Bonchev–Trinajstić information content (AvgIpc) is 2.85. The van der Waals surface area contributed by atoms with E-state index in [-0.39, 0.29) is 11.6 Å². The van der Waals surface area contributed by atoms with Gasteiger partial charge in [-0.3, -0.25) is 14.5 Å². The Morgan fingerprint density at radius 3 is 2.95 bits per heavy atom. The van der Waals surface area contributed by atoms with Crippen LogP contribution in [0.2, 0.25) is 0 Å². The summed E-state index contributed by atoms with van der Waals surface area (Å²) in [4.78, 5) is 24.1. The molecule has 0 atom stereocenters. The highest BCUT2D eigenvalue weighted by Crippen LogP contribution is 2.01. The highest BCUT2D eigenvalue weighted by molar-refractivity contribution is 5.92. The minimum absolute atomic E-state index is 0.256. The Morgan fingerprint density at radius 1 is 1.40 bits per heavy atom. The van der Waals surface area contributed by atoms with E-state index in [4.69, 9.17) is 0 Å². The Morgan fingerprint density at radius 2 is 2.25 bits per heavy atom. The molecule has 2 heterocycles. The molecule has 2 aromatic heterocycles. The van der Waals surface area contributed by atoms with Gasteiger partial charge in [0.05, 0.1) is 12.4 Å². The molecular formula is C12H17N7O. The van der Waals surface area contributed by atoms with Gasteiger partial charge in [0.1, 0.15) is 17.8 Å². The lowest BCUT2D eigenvalue weighted by Gasteiger charge is -2.05. The zero-order valence-electron chi connectivity index (χ0n) is 11.5. The molecule has 0 spiro atoms. The standard InChI is InChI=1S/C12H17N7O/c1-3-14-11-7-13-6-9(17-11)12(20)15-5-4-10-16-8-19(2)18-10/h6-8H,3-5H2,1-2H3,(H,14,17)(H,15,20). The fourth-order valence-electron chi connectivity index (χ4n) is 1.62. The molecule has 0 bridgehead atoms. The number of aromatic nitrogens is 5. The largest absolute Gasteiger partial charge is 0.369 e. The molecule has 20 heavy (non-hydrogen) atoms. The van der Waals surface area contributed by atoms with Gasteiger partial charge in [0.15, 0.2) is 5.82 Å². The van der Waals surface area contributed by atoms with Gasteiger partial charge in [-0.15, -0.1) is 0 Å². The molecule has 2 N–H and O–H groups in total. The maximum absolute atomic E-state index is 11.9. The number of aryl methyl sites for hydroxylation is 1. The second-order valence-corrected chi connectivity index (χ2v) is 4.16. The molecule has 1 amide bonds. The van der Waals surface area contributed by atoms with Gasteiger partial charge < -0.3 is 10.6 Å². The minimum atomic E-state index is -0.256. The summed E-state index contributed by atoms with van der Waals surface area (Å²) in [5, 5.41) is 9.91. The third-order valence-corrected chi connectivity index (χ3v) is 2.51. The lowest BCUT2D eigenvalue weighted by Crippen LogP contribution is -2.27. The fraction of sp³-hybridized carbons (Fsp3) is 0.417. The smallest absolute Gasteiger partial charge is 0.271 e. The second-order valence-electron chi connectivity index (χ2n) is 4.16. The zero-order chi connectivity index (χ0) is 14.4. The summed E-state index contributed by atoms with van der Waals surface area (Å²) in [5.74, 6) is 1.03. The van der Waals surface area contributed by atoms with Crippen LogP contribution < -0.4 is 10.6 Å². The predicted octanol–water partition coefficient (Wildman–Crippen LogP) is 0.00940. The van der Waals surface area contributed by atoms with Crippen molar-refractivity contribution in [3.8, 4) is 0 Å². The highest BCUT2D eigenvalue weighted by Gasteiger charge is 2.08. The summed E-state index contributed by atoms with van der Waals surface area (Å²) >= 11 is 0. The van der Waals surface area contributed by atoms with Crippen molar-refractivity contribution in [2.75, 3.05) is 18.4 Å². The number of anilines is 1. The Labute approximate surface area is 116 Å². The SMILES string of the molecule is CCNc1cncc(C(=O)NCCc2ncn(C)n2)n1. The molecule has 0 aromatic carbocycles. The number of hydrogen-bond acceptors (Lipinski definition) is 6. The van der Waals surface area contributed by atoms with Gasteiger partial charge in [-0.1, -0.05) is 0 Å². The molecule has 0 radical (unpaired) electrons. The normalized spacial score (nSPS) is 10.3. The second kappa shape index (κ2) is 6.60. The third kappa shape index (κ3) is 3.74. The van der Waals surface area contributed by atoms with Crippen LogP contribution in [0.1, 0.15) is 23.2 Å². The Hall–Kier alpha value is -2.51. The number of carbonyl (C=O) groups is 1. The van der Waals surface area contributed by atoms with Crippen molar-refractivity contribution in [2.45, 2.75) is 13.3 Å². The molecule has 2 aromatic rings. The molecule has 8 heteroatoms. The molecule has 0 unspecified atom stereocenters. The Balaban J connectivity index is 1.86. The summed E-state index contributed by atoms with van der Waals surface area (Å²) < 4.78 is 1.63. The first-order valence-corrected chi connectivity index (χ1v) is 6.37. The summed E-state index contributed by atoms with van der Waals surface area (Å²) in [6.45, 7) is 3.13. The highest BCUT2D eigenvalue weighted by atomic mass is 16.1. The van der Waals surface area contributed by atoms with E-state index in [1.54, 1.807) is 24.3 Å². The maximum atomic E-state index is 11.9. The van der Waals surface area contributed by atoms with Crippen LogP contribution in [0.5, 0.6) is 0 Å². The van der Waals surface area contributed by atoms with Crippen molar-refractivity contribution in [1.29, 1.82) is 0 Å². The number of amides is 1. The van der Waals surface area contributed by atoms with Crippen LogP contribution in [0.15, 0.2) is 18.7 Å². The van der Waals surface area contributed by atoms with Crippen LogP contribution >= 0.6 is 0 Å². The van der Waals surface area contributed by atoms with Crippen molar-refractivity contribution in [2.24, 2.45) is 7.05 Å². The monoisotopic (exact) mass is 275 g/mol. The van der Waals surface area contributed by atoms with Gasteiger partial charge in [-0.2, -0.15) is 5.10 Å². The molecule has 8 nitrogen and oxygen atoms in total. The minimum Gasteiger partial charge on any atom is -0.369 e. The molecule has 0 aliphatic heterocycles. The van der Waals surface area contributed by atoms with E-state index in [1.165, 1.54) is 6.20 Å². The lowest BCUT2D eigenvalue weighted by molar-refractivity contribution is 0.0948. The zero-order valence-corrected chi connectivity index (χ0v) is 11.5. The van der Waals surface area contributed by atoms with E-state index in [2.05, 4.69) is 30.7 Å². The summed E-state index contributed by atoms with van der Waals surface area (Å²) in [5.41, 5.74) is 0.289. The van der Waals surface area contributed by atoms with Crippen molar-refractivity contribution >= 4 is 11.7 Å². The first-order valence-electron chi connectivity index (χ1n) is 6.37. The van der Waals surface area contributed by atoms with E-state index >= 15 is 0 Å². The maximum Gasteiger partial charge on any atom is 0.271 e. The number of carbonyl (C=O) groups excluding carboxylic acids is 1. The average molecular weight is 275 g/mol. The third-order valence-electron chi connectivity index (χ3n) is 2.51. The van der Waals surface area contributed by atoms with Gasteiger partial charge in [-0.25, -0.2) is 9.97 Å². The van der Waals surface area contributed by atoms with Crippen LogP contribution in [-0.2, 0) is 13.5 Å². The molecule has 2 rings (SSSR count). The predicted molar refractivity (Wildman–Crippen MR) is 73.2 cm³/mol. The molecule has 106 valence electrons. The van der Waals surface area contributed by atoms with Crippen LogP contribution in [0.4, 0.5) is 5.82 Å². The number of nitrogens with one attached hydrogen (secondary N) is 2. The van der Waals surface area contributed by atoms with E-state index in [0.29, 0.717) is 24.6 Å². The van der Waals surface area contributed by atoms with Gasteiger partial charge in [0.25, 0.3) is 5.91 Å². The fourth-order valence-corrected chi connectivity index (χ4v) is 1.62. The van der Waals surface area contributed by atoms with Gasteiger partial charge in [0, 0.05) is 26.6 Å². The Bertz CT molecular complexity index is 581. The quantitative estimate of drug-likeness (QED) is 0.770. The topological polar surface area (TPSA) is 97.6 Å².